The van der Waals surface area contributed by atoms with E-state index in [1.54, 1.807) is 6.20 Å². The average molecular weight is 312 g/mol. The van der Waals surface area contributed by atoms with Crippen molar-refractivity contribution in [1.82, 2.24) is 14.5 Å². The highest BCUT2D eigenvalue weighted by atomic mass is 35.5. The van der Waals surface area contributed by atoms with E-state index in [2.05, 4.69) is 21.5 Å². The first-order valence-electron chi connectivity index (χ1n) is 7.29. The average Bonchev–Trinajstić information content (AvgIpc) is 2.84. The topological polar surface area (TPSA) is 30.7 Å². The molecule has 0 aliphatic heterocycles. The summed E-state index contributed by atoms with van der Waals surface area (Å²) in [4.78, 5) is 9.07. The van der Waals surface area contributed by atoms with Crippen molar-refractivity contribution in [3.8, 4) is 0 Å². The molecule has 2 aromatic heterocycles. The fourth-order valence-electron chi connectivity index (χ4n) is 3.35. The number of aromatic nitrogens is 3. The minimum Gasteiger partial charge on any atom is -0.309 e. The van der Waals surface area contributed by atoms with Crippen molar-refractivity contribution in [2.75, 3.05) is 0 Å². The van der Waals surface area contributed by atoms with Crippen LogP contribution in [-0.2, 0) is 5.88 Å². The Labute approximate surface area is 129 Å². The highest BCUT2D eigenvalue weighted by Crippen LogP contribution is 2.35. The molecule has 0 spiro atoms. The Morgan fingerprint density at radius 3 is 2.80 bits per heavy atom. The molecule has 108 valence electrons. The van der Waals surface area contributed by atoms with Gasteiger partial charge in [-0.25, -0.2) is 9.97 Å². The van der Waals surface area contributed by atoms with E-state index in [9.17, 15) is 0 Å². The van der Waals surface area contributed by atoms with E-state index >= 15 is 0 Å². The molecule has 1 aliphatic carbocycles. The lowest BCUT2D eigenvalue weighted by Crippen LogP contribution is -2.21. The zero-order valence-electron chi connectivity index (χ0n) is 11.6. The first-order chi connectivity index (χ1) is 9.70. The van der Waals surface area contributed by atoms with E-state index in [4.69, 9.17) is 23.2 Å². The van der Waals surface area contributed by atoms with Crippen LogP contribution in [0.1, 0.15) is 50.9 Å². The molecule has 1 fully saturated rings. The predicted octanol–water partition coefficient (Wildman–Crippen LogP) is 4.96. The summed E-state index contributed by atoms with van der Waals surface area (Å²) in [5.74, 6) is 2.00. The van der Waals surface area contributed by atoms with Crippen LogP contribution in [0.2, 0.25) is 5.02 Å². The van der Waals surface area contributed by atoms with Gasteiger partial charge in [0, 0.05) is 12.2 Å². The molecule has 0 bridgehead atoms. The van der Waals surface area contributed by atoms with Crippen LogP contribution in [0.5, 0.6) is 0 Å². The highest BCUT2D eigenvalue weighted by Gasteiger charge is 2.25. The fraction of sp³-hybridized carbons (Fsp3) is 0.600. The second-order valence-electron chi connectivity index (χ2n) is 5.67. The van der Waals surface area contributed by atoms with Crippen LogP contribution in [0.25, 0.3) is 11.2 Å². The predicted molar refractivity (Wildman–Crippen MR) is 83.4 cm³/mol. The van der Waals surface area contributed by atoms with Crippen molar-refractivity contribution in [3.63, 3.8) is 0 Å². The number of hydrogen-bond donors (Lipinski definition) is 0. The molecule has 0 N–H and O–H groups in total. The van der Waals surface area contributed by atoms with E-state index in [1.165, 1.54) is 32.1 Å². The summed E-state index contributed by atoms with van der Waals surface area (Å²) >= 11 is 12.1. The van der Waals surface area contributed by atoms with Gasteiger partial charge in [0.1, 0.15) is 11.3 Å². The summed E-state index contributed by atoms with van der Waals surface area (Å²) in [7, 11) is 0. The molecule has 0 radical (unpaired) electrons. The van der Waals surface area contributed by atoms with Gasteiger partial charge in [0.05, 0.1) is 10.9 Å². The van der Waals surface area contributed by atoms with Gasteiger partial charge in [-0.3, -0.25) is 0 Å². The molecule has 0 amide bonds. The molecule has 3 nitrogen and oxygen atoms in total. The number of alkyl halides is 1. The Hall–Kier alpha value is -0.800. The summed E-state index contributed by atoms with van der Waals surface area (Å²) in [5, 5.41) is 0.619. The summed E-state index contributed by atoms with van der Waals surface area (Å²) in [5.41, 5.74) is 1.75. The van der Waals surface area contributed by atoms with Crippen molar-refractivity contribution in [2.45, 2.75) is 50.9 Å². The number of nitrogens with zero attached hydrogens (tertiary/aromatic N) is 3. The highest BCUT2D eigenvalue weighted by molar-refractivity contribution is 6.31. The maximum Gasteiger partial charge on any atom is 0.160 e. The lowest BCUT2D eigenvalue weighted by atomic mass is 9.84. The number of pyridine rings is 1. The normalized spacial score (nSPS) is 18.6. The quantitative estimate of drug-likeness (QED) is 0.750. The van der Waals surface area contributed by atoms with Gasteiger partial charge in [-0.2, -0.15) is 0 Å². The standard InChI is InChI=1S/C15H19Cl2N3/c1-10(11-5-3-2-4-6-11)20-14(8-16)19-13-7-12(17)9-18-15(13)20/h7,9-11H,2-6,8H2,1H3. The first-order valence-corrected chi connectivity index (χ1v) is 8.20. The van der Waals surface area contributed by atoms with Gasteiger partial charge < -0.3 is 4.57 Å². The van der Waals surface area contributed by atoms with Gasteiger partial charge in [-0.15, -0.1) is 11.6 Å². The smallest absolute Gasteiger partial charge is 0.160 e. The molecule has 1 saturated carbocycles. The lowest BCUT2D eigenvalue weighted by molar-refractivity contribution is 0.264. The molecule has 0 aromatic carbocycles. The SMILES string of the molecule is CC(C1CCCCC1)n1c(CCl)nc2cc(Cl)cnc21. The number of rotatable bonds is 3. The van der Waals surface area contributed by atoms with E-state index < -0.39 is 0 Å². The zero-order valence-corrected chi connectivity index (χ0v) is 13.2. The first kappa shape index (κ1) is 14.2. The van der Waals surface area contributed by atoms with Crippen LogP contribution in [-0.4, -0.2) is 14.5 Å². The summed E-state index contributed by atoms with van der Waals surface area (Å²) in [6, 6.07) is 2.26. The Kier molecular flexibility index (Phi) is 4.18. The molecule has 3 rings (SSSR count). The van der Waals surface area contributed by atoms with Gasteiger partial charge >= 0.3 is 0 Å². The molecule has 2 aromatic rings. The van der Waals surface area contributed by atoms with Gasteiger partial charge in [-0.05, 0) is 31.7 Å². The number of imidazole rings is 1. The van der Waals surface area contributed by atoms with Crippen molar-refractivity contribution in [3.05, 3.63) is 23.1 Å². The summed E-state index contributed by atoms with van der Waals surface area (Å²) in [6.07, 6.45) is 8.29. The third kappa shape index (κ3) is 2.53. The van der Waals surface area contributed by atoms with Gasteiger partial charge in [0.2, 0.25) is 0 Å². The molecule has 5 heteroatoms. The van der Waals surface area contributed by atoms with Crippen molar-refractivity contribution < 1.29 is 0 Å². The summed E-state index contributed by atoms with van der Waals surface area (Å²) in [6.45, 7) is 2.27. The summed E-state index contributed by atoms with van der Waals surface area (Å²) < 4.78 is 2.22. The Morgan fingerprint density at radius 1 is 1.35 bits per heavy atom. The van der Waals surface area contributed by atoms with Gasteiger partial charge in [0.15, 0.2) is 5.65 Å². The van der Waals surface area contributed by atoms with Crippen molar-refractivity contribution >= 4 is 34.4 Å². The van der Waals surface area contributed by atoms with E-state index in [1.807, 2.05) is 6.07 Å². The molecular weight excluding hydrogens is 293 g/mol. The second-order valence-corrected chi connectivity index (χ2v) is 6.37. The van der Waals surface area contributed by atoms with Gasteiger partial charge in [-0.1, -0.05) is 30.9 Å². The Bertz CT molecular complexity index is 602. The monoisotopic (exact) mass is 311 g/mol. The van der Waals surface area contributed by atoms with Crippen LogP contribution in [0.3, 0.4) is 0 Å². The Morgan fingerprint density at radius 2 is 2.10 bits per heavy atom. The van der Waals surface area contributed by atoms with Crippen LogP contribution < -0.4 is 0 Å². The molecular formula is C15H19Cl2N3. The maximum absolute atomic E-state index is 6.08. The minimum absolute atomic E-state index is 0.391. The van der Waals surface area contributed by atoms with Crippen LogP contribution in [0.4, 0.5) is 0 Å². The maximum atomic E-state index is 6.08. The van der Waals surface area contributed by atoms with Crippen LogP contribution in [0.15, 0.2) is 12.3 Å². The molecule has 1 atom stereocenters. The molecule has 2 heterocycles. The lowest BCUT2D eigenvalue weighted by Gasteiger charge is -2.29. The third-order valence-electron chi connectivity index (χ3n) is 4.43. The third-order valence-corrected chi connectivity index (χ3v) is 4.87. The van der Waals surface area contributed by atoms with E-state index in [-0.39, 0.29) is 0 Å². The van der Waals surface area contributed by atoms with Crippen LogP contribution >= 0.6 is 23.2 Å². The molecule has 20 heavy (non-hydrogen) atoms. The second kappa shape index (κ2) is 5.90. The zero-order chi connectivity index (χ0) is 14.1. The minimum atomic E-state index is 0.391. The number of hydrogen-bond acceptors (Lipinski definition) is 2. The molecule has 1 unspecified atom stereocenters. The molecule has 0 saturated heterocycles. The van der Waals surface area contributed by atoms with E-state index in [0.717, 1.165) is 17.0 Å². The number of fused-ring (bicyclic) bond motifs is 1. The van der Waals surface area contributed by atoms with Gasteiger partial charge in [0.25, 0.3) is 0 Å². The van der Waals surface area contributed by atoms with Crippen molar-refractivity contribution in [1.29, 1.82) is 0 Å². The van der Waals surface area contributed by atoms with Crippen LogP contribution in [0, 0.1) is 5.92 Å². The molecule has 1 aliphatic rings. The van der Waals surface area contributed by atoms with E-state index in [0.29, 0.717) is 22.9 Å². The largest absolute Gasteiger partial charge is 0.309 e. The number of halogens is 2. The van der Waals surface area contributed by atoms with Crippen molar-refractivity contribution in [2.24, 2.45) is 5.92 Å². The Balaban J connectivity index is 2.04. The fourth-order valence-corrected chi connectivity index (χ4v) is 3.69.